The lowest BCUT2D eigenvalue weighted by molar-refractivity contribution is 0.0654. The molecular weight excluding hydrogens is 216 g/mol. The minimum Gasteiger partial charge on any atom is -0.469 e. The highest BCUT2D eigenvalue weighted by molar-refractivity contribution is 5.95. The maximum atomic E-state index is 12.4. The predicted molar refractivity (Wildman–Crippen MR) is 66.0 cm³/mol. The molecule has 0 spiro atoms. The number of nitrogens with one attached hydrogen (secondary N) is 1. The number of piperidine rings is 1. The summed E-state index contributed by atoms with van der Waals surface area (Å²) in [5.41, 5.74) is 0.699. The second kappa shape index (κ2) is 5.36. The zero-order chi connectivity index (χ0) is 12.3. The van der Waals surface area contributed by atoms with Gasteiger partial charge in [-0.15, -0.1) is 0 Å². The van der Waals surface area contributed by atoms with Gasteiger partial charge in [0.15, 0.2) is 0 Å². The van der Waals surface area contributed by atoms with E-state index in [-0.39, 0.29) is 5.91 Å². The second-order valence-corrected chi connectivity index (χ2v) is 4.46. The Kier molecular flexibility index (Phi) is 3.84. The Morgan fingerprint density at radius 1 is 1.53 bits per heavy atom. The third-order valence-electron chi connectivity index (χ3n) is 3.44. The molecule has 1 aromatic rings. The van der Waals surface area contributed by atoms with Crippen molar-refractivity contribution < 1.29 is 9.21 Å². The first-order chi connectivity index (χ1) is 8.24. The number of hydrogen-bond donors (Lipinski definition) is 1. The summed E-state index contributed by atoms with van der Waals surface area (Å²) in [5.74, 6) is 0.813. The van der Waals surface area contributed by atoms with E-state index in [0.717, 1.165) is 32.5 Å². The lowest BCUT2D eigenvalue weighted by Gasteiger charge is -2.33. The van der Waals surface area contributed by atoms with Crippen molar-refractivity contribution in [1.82, 2.24) is 10.2 Å². The third kappa shape index (κ3) is 2.52. The lowest BCUT2D eigenvalue weighted by atomic mass is 10.0. The maximum absolute atomic E-state index is 12.4. The standard InChI is InChI=1S/C13H20N2O2/c1-3-15(11-4-7-14-8-5-11)13(16)12-6-9-17-10(12)2/h6,9,11,14H,3-5,7-8H2,1-2H3. The summed E-state index contributed by atoms with van der Waals surface area (Å²) < 4.78 is 5.21. The molecule has 0 bridgehead atoms. The average Bonchev–Trinajstić information content (AvgIpc) is 2.77. The van der Waals surface area contributed by atoms with E-state index in [4.69, 9.17) is 4.42 Å². The summed E-state index contributed by atoms with van der Waals surface area (Å²) in [6.07, 6.45) is 3.66. The number of nitrogens with zero attached hydrogens (tertiary/aromatic N) is 1. The van der Waals surface area contributed by atoms with E-state index < -0.39 is 0 Å². The minimum atomic E-state index is 0.102. The van der Waals surface area contributed by atoms with Gasteiger partial charge in [-0.1, -0.05) is 0 Å². The molecule has 0 aromatic carbocycles. The molecule has 1 aliphatic rings. The topological polar surface area (TPSA) is 45.5 Å². The monoisotopic (exact) mass is 236 g/mol. The minimum absolute atomic E-state index is 0.102. The molecule has 2 heterocycles. The highest BCUT2D eigenvalue weighted by Gasteiger charge is 2.26. The number of furan rings is 1. The van der Waals surface area contributed by atoms with Crippen molar-refractivity contribution in [3.05, 3.63) is 23.7 Å². The maximum Gasteiger partial charge on any atom is 0.257 e. The van der Waals surface area contributed by atoms with Gasteiger partial charge in [0.25, 0.3) is 5.91 Å². The summed E-state index contributed by atoms with van der Waals surface area (Å²) in [6, 6.07) is 2.13. The lowest BCUT2D eigenvalue weighted by Crippen LogP contribution is -2.46. The van der Waals surface area contributed by atoms with Crippen molar-refractivity contribution in [2.75, 3.05) is 19.6 Å². The molecule has 2 rings (SSSR count). The first-order valence-electron chi connectivity index (χ1n) is 6.29. The van der Waals surface area contributed by atoms with Crippen LogP contribution in [-0.2, 0) is 0 Å². The number of aryl methyl sites for hydroxylation is 1. The van der Waals surface area contributed by atoms with Gasteiger partial charge in [-0.2, -0.15) is 0 Å². The number of hydrogen-bond acceptors (Lipinski definition) is 3. The van der Waals surface area contributed by atoms with Gasteiger partial charge in [0, 0.05) is 12.6 Å². The molecule has 4 heteroatoms. The molecule has 4 nitrogen and oxygen atoms in total. The van der Waals surface area contributed by atoms with Gasteiger partial charge < -0.3 is 14.6 Å². The number of amides is 1. The number of carbonyl (C=O) groups excluding carboxylic acids is 1. The van der Waals surface area contributed by atoms with Gasteiger partial charge in [0.05, 0.1) is 11.8 Å². The van der Waals surface area contributed by atoms with Gasteiger partial charge in [0.1, 0.15) is 5.76 Å². The molecule has 1 aliphatic heterocycles. The summed E-state index contributed by atoms with van der Waals surface area (Å²) in [4.78, 5) is 14.4. The zero-order valence-corrected chi connectivity index (χ0v) is 10.5. The summed E-state index contributed by atoms with van der Waals surface area (Å²) in [6.45, 7) is 6.63. The number of carbonyl (C=O) groups is 1. The molecule has 1 aromatic heterocycles. The normalized spacial score (nSPS) is 17.1. The van der Waals surface area contributed by atoms with Crippen LogP contribution in [0.3, 0.4) is 0 Å². The smallest absolute Gasteiger partial charge is 0.257 e. The Labute approximate surface area is 102 Å². The van der Waals surface area contributed by atoms with Crippen molar-refractivity contribution in [3.63, 3.8) is 0 Å². The molecule has 0 unspecified atom stereocenters. The van der Waals surface area contributed by atoms with Crippen LogP contribution in [0.5, 0.6) is 0 Å². The van der Waals surface area contributed by atoms with Crippen molar-refractivity contribution in [1.29, 1.82) is 0 Å². The molecule has 17 heavy (non-hydrogen) atoms. The first kappa shape index (κ1) is 12.2. The molecular formula is C13H20N2O2. The van der Waals surface area contributed by atoms with Crippen LogP contribution in [-0.4, -0.2) is 36.5 Å². The van der Waals surface area contributed by atoms with Crippen LogP contribution in [0, 0.1) is 6.92 Å². The van der Waals surface area contributed by atoms with Crippen LogP contribution in [0.1, 0.15) is 35.9 Å². The van der Waals surface area contributed by atoms with Crippen LogP contribution >= 0.6 is 0 Å². The van der Waals surface area contributed by atoms with Crippen LogP contribution in [0.4, 0.5) is 0 Å². The van der Waals surface area contributed by atoms with Crippen LogP contribution in [0.15, 0.2) is 16.7 Å². The van der Waals surface area contributed by atoms with Gasteiger partial charge in [-0.05, 0) is 45.8 Å². The molecule has 0 aliphatic carbocycles. The fourth-order valence-electron chi connectivity index (χ4n) is 2.45. The molecule has 0 atom stereocenters. The fraction of sp³-hybridized carbons (Fsp3) is 0.615. The van der Waals surface area contributed by atoms with E-state index in [1.54, 1.807) is 12.3 Å². The van der Waals surface area contributed by atoms with Crippen LogP contribution in [0.25, 0.3) is 0 Å². The van der Waals surface area contributed by atoms with Gasteiger partial charge in [-0.25, -0.2) is 0 Å². The zero-order valence-electron chi connectivity index (χ0n) is 10.5. The largest absolute Gasteiger partial charge is 0.469 e. The molecule has 1 saturated heterocycles. The van der Waals surface area contributed by atoms with E-state index in [0.29, 0.717) is 17.4 Å². The quantitative estimate of drug-likeness (QED) is 0.870. The Morgan fingerprint density at radius 3 is 2.76 bits per heavy atom. The summed E-state index contributed by atoms with van der Waals surface area (Å²) in [7, 11) is 0. The second-order valence-electron chi connectivity index (χ2n) is 4.46. The van der Waals surface area contributed by atoms with E-state index in [2.05, 4.69) is 5.32 Å². The highest BCUT2D eigenvalue weighted by Crippen LogP contribution is 2.18. The van der Waals surface area contributed by atoms with E-state index in [9.17, 15) is 4.79 Å². The van der Waals surface area contributed by atoms with Crippen molar-refractivity contribution in [2.45, 2.75) is 32.7 Å². The SMILES string of the molecule is CCN(C(=O)c1ccoc1C)C1CCNCC1. The molecule has 0 saturated carbocycles. The molecule has 0 radical (unpaired) electrons. The fourth-order valence-corrected chi connectivity index (χ4v) is 2.45. The third-order valence-corrected chi connectivity index (χ3v) is 3.44. The Hall–Kier alpha value is -1.29. The van der Waals surface area contributed by atoms with Crippen LogP contribution < -0.4 is 5.32 Å². The Balaban J connectivity index is 2.12. The summed E-state index contributed by atoms with van der Waals surface area (Å²) in [5, 5.41) is 3.32. The summed E-state index contributed by atoms with van der Waals surface area (Å²) >= 11 is 0. The van der Waals surface area contributed by atoms with Crippen LogP contribution in [0.2, 0.25) is 0 Å². The molecule has 1 amide bonds. The Bertz CT molecular complexity index is 381. The average molecular weight is 236 g/mol. The number of rotatable bonds is 3. The van der Waals surface area contributed by atoms with Gasteiger partial charge >= 0.3 is 0 Å². The molecule has 94 valence electrons. The van der Waals surface area contributed by atoms with E-state index >= 15 is 0 Å². The van der Waals surface area contributed by atoms with Crippen molar-refractivity contribution in [2.24, 2.45) is 0 Å². The van der Waals surface area contributed by atoms with E-state index in [1.807, 2.05) is 18.7 Å². The van der Waals surface area contributed by atoms with Crippen molar-refractivity contribution >= 4 is 5.91 Å². The Morgan fingerprint density at radius 2 is 2.24 bits per heavy atom. The van der Waals surface area contributed by atoms with Gasteiger partial charge in [-0.3, -0.25) is 4.79 Å². The molecule has 1 fully saturated rings. The predicted octanol–water partition coefficient (Wildman–Crippen LogP) is 1.80. The molecule has 1 N–H and O–H groups in total. The van der Waals surface area contributed by atoms with E-state index in [1.165, 1.54) is 0 Å². The van der Waals surface area contributed by atoms with Gasteiger partial charge in [0.2, 0.25) is 0 Å². The van der Waals surface area contributed by atoms with Crippen molar-refractivity contribution in [3.8, 4) is 0 Å². The highest BCUT2D eigenvalue weighted by atomic mass is 16.3. The first-order valence-corrected chi connectivity index (χ1v) is 6.29.